The Morgan fingerprint density at radius 3 is 2.67 bits per heavy atom. The van der Waals surface area contributed by atoms with Gasteiger partial charge in [0.1, 0.15) is 0 Å². The van der Waals surface area contributed by atoms with Crippen molar-refractivity contribution in [1.29, 1.82) is 0 Å². The van der Waals surface area contributed by atoms with Crippen LogP contribution in [0.2, 0.25) is 0 Å². The van der Waals surface area contributed by atoms with E-state index >= 15 is 0 Å². The predicted octanol–water partition coefficient (Wildman–Crippen LogP) is 2.61. The minimum absolute atomic E-state index is 0.537. The lowest BCUT2D eigenvalue weighted by molar-refractivity contribution is 0.221. The summed E-state index contributed by atoms with van der Waals surface area (Å²) in [6.07, 6.45) is 0. The van der Waals surface area contributed by atoms with E-state index in [4.69, 9.17) is 4.84 Å². The Morgan fingerprint density at radius 1 is 1.42 bits per heavy atom. The third-order valence-corrected chi connectivity index (χ3v) is 1.28. The van der Waals surface area contributed by atoms with E-state index in [0.717, 1.165) is 11.3 Å². The zero-order valence-corrected chi connectivity index (χ0v) is 7.21. The summed E-state index contributed by atoms with van der Waals surface area (Å²) >= 11 is 0. The first kappa shape index (κ1) is 8.81. The average molecular weight is 163 g/mol. The summed E-state index contributed by atoms with van der Waals surface area (Å²) in [4.78, 5) is 5.13. The van der Waals surface area contributed by atoms with Crippen molar-refractivity contribution in [3.63, 3.8) is 0 Å². The maximum absolute atomic E-state index is 5.13. The van der Waals surface area contributed by atoms with Crippen LogP contribution in [0.5, 0.6) is 0 Å². The molecule has 0 amide bonds. The molecule has 0 atom stereocenters. The second kappa shape index (κ2) is 4.57. The van der Waals surface area contributed by atoms with Gasteiger partial charge in [0.25, 0.3) is 0 Å². The van der Waals surface area contributed by atoms with E-state index in [-0.39, 0.29) is 0 Å². The standard InChI is InChI=1S/C10H13NO/c1-9(2)8-12-11-10-6-4-3-5-7-10/h3-7,11H,1,8H2,2H3. The van der Waals surface area contributed by atoms with Crippen LogP contribution >= 0.6 is 0 Å². The van der Waals surface area contributed by atoms with E-state index in [1.54, 1.807) is 0 Å². The molecule has 0 saturated heterocycles. The highest BCUT2D eigenvalue weighted by molar-refractivity contribution is 5.40. The van der Waals surface area contributed by atoms with Gasteiger partial charge in [0.05, 0.1) is 12.3 Å². The molecule has 0 spiro atoms. The van der Waals surface area contributed by atoms with Gasteiger partial charge in [-0.3, -0.25) is 10.3 Å². The largest absolute Gasteiger partial charge is 0.272 e. The van der Waals surface area contributed by atoms with E-state index in [0.29, 0.717) is 6.61 Å². The zero-order chi connectivity index (χ0) is 8.81. The van der Waals surface area contributed by atoms with Gasteiger partial charge in [0.15, 0.2) is 0 Å². The van der Waals surface area contributed by atoms with Crippen LogP contribution in [0, 0.1) is 0 Å². The third kappa shape index (κ3) is 3.21. The van der Waals surface area contributed by atoms with Gasteiger partial charge in [0.2, 0.25) is 0 Å². The van der Waals surface area contributed by atoms with Crippen molar-refractivity contribution in [2.24, 2.45) is 0 Å². The lowest BCUT2D eigenvalue weighted by Gasteiger charge is -2.05. The highest BCUT2D eigenvalue weighted by atomic mass is 16.6. The molecule has 0 aliphatic carbocycles. The molecule has 1 aromatic rings. The highest BCUT2D eigenvalue weighted by Gasteiger charge is 1.88. The molecule has 1 N–H and O–H groups in total. The van der Waals surface area contributed by atoms with Gasteiger partial charge >= 0.3 is 0 Å². The molecule has 0 radical (unpaired) electrons. The van der Waals surface area contributed by atoms with Crippen LogP contribution in [0.25, 0.3) is 0 Å². The van der Waals surface area contributed by atoms with Crippen molar-refractivity contribution in [3.05, 3.63) is 42.5 Å². The van der Waals surface area contributed by atoms with Gasteiger partial charge in [-0.15, -0.1) is 0 Å². The molecular weight excluding hydrogens is 150 g/mol. The Bertz CT molecular complexity index is 243. The molecular formula is C10H13NO. The molecule has 2 nitrogen and oxygen atoms in total. The minimum atomic E-state index is 0.537. The van der Waals surface area contributed by atoms with Crippen LogP contribution in [0.4, 0.5) is 5.69 Å². The number of rotatable bonds is 4. The number of anilines is 1. The van der Waals surface area contributed by atoms with E-state index < -0.39 is 0 Å². The van der Waals surface area contributed by atoms with Crippen LogP contribution in [-0.2, 0) is 4.84 Å². The number of hydrogen-bond donors (Lipinski definition) is 1. The van der Waals surface area contributed by atoms with Gasteiger partial charge in [0, 0.05) is 0 Å². The number of para-hydroxylation sites is 1. The predicted molar refractivity (Wildman–Crippen MR) is 50.8 cm³/mol. The topological polar surface area (TPSA) is 21.3 Å². The molecule has 0 saturated carbocycles. The third-order valence-electron chi connectivity index (χ3n) is 1.28. The fraction of sp³-hybridized carbons (Fsp3) is 0.200. The maximum atomic E-state index is 5.13. The highest BCUT2D eigenvalue weighted by Crippen LogP contribution is 2.04. The van der Waals surface area contributed by atoms with E-state index in [1.807, 2.05) is 37.3 Å². The molecule has 0 aliphatic rings. The molecule has 0 fully saturated rings. The average Bonchev–Trinajstić information content (AvgIpc) is 2.05. The SMILES string of the molecule is C=C(C)CONc1ccccc1. The summed E-state index contributed by atoms with van der Waals surface area (Å²) in [5.74, 6) is 0. The second-order valence-electron chi connectivity index (χ2n) is 2.71. The fourth-order valence-corrected chi connectivity index (χ4v) is 0.749. The van der Waals surface area contributed by atoms with Gasteiger partial charge in [-0.25, -0.2) is 0 Å². The lowest BCUT2D eigenvalue weighted by Crippen LogP contribution is -2.02. The Labute approximate surface area is 72.8 Å². The second-order valence-corrected chi connectivity index (χ2v) is 2.71. The maximum Gasteiger partial charge on any atom is 0.0951 e. The van der Waals surface area contributed by atoms with E-state index in [9.17, 15) is 0 Å². The smallest absolute Gasteiger partial charge is 0.0951 e. The molecule has 0 aromatic heterocycles. The van der Waals surface area contributed by atoms with Gasteiger partial charge in [-0.1, -0.05) is 30.4 Å². The van der Waals surface area contributed by atoms with Gasteiger partial charge in [-0.05, 0) is 19.1 Å². The minimum Gasteiger partial charge on any atom is -0.272 e. The molecule has 0 aliphatic heterocycles. The zero-order valence-electron chi connectivity index (χ0n) is 7.21. The van der Waals surface area contributed by atoms with Crippen LogP contribution < -0.4 is 5.48 Å². The van der Waals surface area contributed by atoms with Crippen LogP contribution in [0.1, 0.15) is 6.92 Å². The van der Waals surface area contributed by atoms with E-state index in [1.165, 1.54) is 0 Å². The number of benzene rings is 1. The molecule has 2 heteroatoms. The van der Waals surface area contributed by atoms with Gasteiger partial charge < -0.3 is 0 Å². The molecule has 0 heterocycles. The van der Waals surface area contributed by atoms with Crippen LogP contribution in [0.15, 0.2) is 42.5 Å². The monoisotopic (exact) mass is 163 g/mol. The van der Waals surface area contributed by atoms with Crippen LogP contribution in [-0.4, -0.2) is 6.61 Å². The fourth-order valence-electron chi connectivity index (χ4n) is 0.749. The van der Waals surface area contributed by atoms with Crippen molar-refractivity contribution in [3.8, 4) is 0 Å². The molecule has 64 valence electrons. The Hall–Kier alpha value is -1.28. The molecule has 0 bridgehead atoms. The van der Waals surface area contributed by atoms with Crippen LogP contribution in [0.3, 0.4) is 0 Å². The summed E-state index contributed by atoms with van der Waals surface area (Å²) in [5, 5.41) is 0. The first-order chi connectivity index (χ1) is 5.79. The van der Waals surface area contributed by atoms with Crippen molar-refractivity contribution >= 4 is 5.69 Å². The summed E-state index contributed by atoms with van der Waals surface area (Å²) in [6, 6.07) is 9.75. The first-order valence-electron chi connectivity index (χ1n) is 3.86. The number of nitrogens with one attached hydrogen (secondary N) is 1. The normalized spacial score (nSPS) is 9.42. The molecule has 1 rings (SSSR count). The molecule has 0 unspecified atom stereocenters. The Morgan fingerprint density at radius 2 is 2.08 bits per heavy atom. The van der Waals surface area contributed by atoms with E-state index in [2.05, 4.69) is 12.1 Å². The molecule has 1 aromatic carbocycles. The van der Waals surface area contributed by atoms with Crippen molar-refractivity contribution in [2.45, 2.75) is 6.92 Å². The number of hydrogen-bond acceptors (Lipinski definition) is 2. The Kier molecular flexibility index (Phi) is 3.35. The molecule has 12 heavy (non-hydrogen) atoms. The quantitative estimate of drug-likeness (QED) is 0.544. The first-order valence-corrected chi connectivity index (χ1v) is 3.86. The lowest BCUT2D eigenvalue weighted by atomic mass is 10.3. The van der Waals surface area contributed by atoms with Crippen molar-refractivity contribution in [2.75, 3.05) is 12.1 Å². The summed E-state index contributed by atoms with van der Waals surface area (Å²) < 4.78 is 0. The summed E-state index contributed by atoms with van der Waals surface area (Å²) in [5.41, 5.74) is 4.77. The van der Waals surface area contributed by atoms with Crippen molar-refractivity contribution in [1.82, 2.24) is 0 Å². The van der Waals surface area contributed by atoms with Crippen molar-refractivity contribution < 1.29 is 4.84 Å². The summed E-state index contributed by atoms with van der Waals surface area (Å²) in [6.45, 7) is 6.18. The Balaban J connectivity index is 2.29. The summed E-state index contributed by atoms with van der Waals surface area (Å²) in [7, 11) is 0. The van der Waals surface area contributed by atoms with Gasteiger partial charge in [-0.2, -0.15) is 0 Å².